The maximum Gasteiger partial charge on any atom is 0.338 e. The Morgan fingerprint density at radius 3 is 1.34 bits per heavy atom. The van der Waals surface area contributed by atoms with Crippen molar-refractivity contribution in [3.63, 3.8) is 0 Å². The Kier molecular flexibility index (Phi) is 7.54. The maximum absolute atomic E-state index is 12.9. The van der Waals surface area contributed by atoms with E-state index in [4.69, 9.17) is 18.9 Å². The monoisotopic (exact) mass is 476 g/mol. The molecule has 0 spiro atoms. The highest BCUT2D eigenvalue weighted by molar-refractivity contribution is 5.91. The lowest BCUT2D eigenvalue weighted by atomic mass is 9.98. The molecule has 0 bridgehead atoms. The van der Waals surface area contributed by atoms with Crippen molar-refractivity contribution < 1.29 is 38.4 Å². The first kappa shape index (κ1) is 24.1. The molecule has 8 nitrogen and oxygen atoms in total. The fourth-order valence-electron chi connectivity index (χ4n) is 3.71. The van der Waals surface area contributed by atoms with Gasteiger partial charge in [-0.1, -0.05) is 54.6 Å². The van der Waals surface area contributed by atoms with E-state index in [-0.39, 0.29) is 16.7 Å². The van der Waals surface area contributed by atoms with Crippen LogP contribution in [0.4, 0.5) is 0 Å². The summed E-state index contributed by atoms with van der Waals surface area (Å²) in [5.74, 6) is -2.18. The van der Waals surface area contributed by atoms with Crippen LogP contribution in [0.3, 0.4) is 0 Å². The average Bonchev–Trinajstić information content (AvgIpc) is 2.89. The van der Waals surface area contributed by atoms with Crippen LogP contribution in [0.1, 0.15) is 38.0 Å². The van der Waals surface area contributed by atoms with Crippen LogP contribution in [-0.2, 0) is 18.9 Å². The lowest BCUT2D eigenvalue weighted by molar-refractivity contribution is -0.275. The molecule has 4 rings (SSSR count). The highest BCUT2D eigenvalue weighted by Crippen LogP contribution is 2.29. The number of hydrogen-bond donors (Lipinski definition) is 1. The number of carbonyl (C=O) groups is 3. The number of rotatable bonds is 6. The third-order valence-electron chi connectivity index (χ3n) is 5.50. The van der Waals surface area contributed by atoms with Crippen LogP contribution in [0.15, 0.2) is 91.0 Å². The van der Waals surface area contributed by atoms with Gasteiger partial charge < -0.3 is 24.1 Å². The molecule has 0 saturated carbocycles. The molecule has 1 saturated heterocycles. The number of hydrogen-bond acceptors (Lipinski definition) is 8. The Morgan fingerprint density at radius 2 is 0.943 bits per heavy atom. The molecule has 1 unspecified atom stereocenters. The number of ether oxygens (including phenoxy) is 4. The molecule has 0 amide bonds. The smallest absolute Gasteiger partial charge is 0.338 e. The van der Waals surface area contributed by atoms with Crippen molar-refractivity contribution in [2.45, 2.75) is 37.6 Å². The minimum absolute atomic E-state index is 0.226. The standard InChI is InChI=1S/C27H24O8/c1-17-21(33-24(28)18-11-5-2-6-12-18)22(34-25(29)19-13-7-3-8-14-19)23(27(31)32-17)35-26(30)20-15-9-4-10-16-20/h2-17,21-23,27,31H,1H3/t17-,21-,22+,23+,27?/m0/s1. The van der Waals surface area contributed by atoms with E-state index < -0.39 is 48.6 Å². The number of aliphatic hydroxyl groups is 1. The molecule has 0 aromatic heterocycles. The molecule has 3 aromatic carbocycles. The second kappa shape index (κ2) is 10.9. The SMILES string of the molecule is C[C@@H]1OC(O)[C@H](OC(=O)c2ccccc2)[C@H](OC(=O)c2ccccc2)[C@H]1OC(=O)c1ccccc1. The van der Waals surface area contributed by atoms with E-state index in [9.17, 15) is 19.5 Å². The van der Waals surface area contributed by atoms with Gasteiger partial charge in [0.2, 0.25) is 0 Å². The molecular weight excluding hydrogens is 452 g/mol. The van der Waals surface area contributed by atoms with Crippen LogP contribution in [0.25, 0.3) is 0 Å². The third kappa shape index (κ3) is 5.74. The fourth-order valence-corrected chi connectivity index (χ4v) is 3.71. The van der Waals surface area contributed by atoms with Gasteiger partial charge in [-0.2, -0.15) is 0 Å². The average molecular weight is 476 g/mol. The first-order chi connectivity index (χ1) is 16.9. The Morgan fingerprint density at radius 1 is 0.600 bits per heavy atom. The van der Waals surface area contributed by atoms with Gasteiger partial charge in [0.25, 0.3) is 0 Å². The zero-order chi connectivity index (χ0) is 24.8. The van der Waals surface area contributed by atoms with Gasteiger partial charge in [-0.15, -0.1) is 0 Å². The van der Waals surface area contributed by atoms with Gasteiger partial charge in [-0.25, -0.2) is 14.4 Å². The summed E-state index contributed by atoms with van der Waals surface area (Å²) in [5, 5.41) is 10.6. The molecule has 5 atom stereocenters. The lowest BCUT2D eigenvalue weighted by Gasteiger charge is -2.42. The summed E-state index contributed by atoms with van der Waals surface area (Å²) in [7, 11) is 0. The molecule has 1 heterocycles. The first-order valence-corrected chi connectivity index (χ1v) is 11.1. The van der Waals surface area contributed by atoms with E-state index in [0.29, 0.717) is 0 Å². The highest BCUT2D eigenvalue weighted by Gasteiger charge is 2.50. The quantitative estimate of drug-likeness (QED) is 0.426. The summed E-state index contributed by atoms with van der Waals surface area (Å²) < 4.78 is 22.4. The van der Waals surface area contributed by atoms with Gasteiger partial charge in [-0.05, 0) is 43.3 Å². The van der Waals surface area contributed by atoms with Crippen LogP contribution < -0.4 is 0 Å². The lowest BCUT2D eigenvalue weighted by Crippen LogP contribution is -2.60. The molecule has 8 heteroatoms. The summed E-state index contributed by atoms with van der Waals surface area (Å²) in [5.41, 5.74) is 0.739. The Balaban J connectivity index is 1.63. The fraction of sp³-hybridized carbons (Fsp3) is 0.222. The van der Waals surface area contributed by atoms with Crippen LogP contribution in [0.2, 0.25) is 0 Å². The zero-order valence-corrected chi connectivity index (χ0v) is 18.9. The van der Waals surface area contributed by atoms with Crippen molar-refractivity contribution in [3.05, 3.63) is 108 Å². The summed E-state index contributed by atoms with van der Waals surface area (Å²) in [6.45, 7) is 1.56. The van der Waals surface area contributed by atoms with Gasteiger partial charge in [0.15, 0.2) is 24.6 Å². The van der Waals surface area contributed by atoms with Crippen LogP contribution >= 0.6 is 0 Å². The van der Waals surface area contributed by atoms with Crippen molar-refractivity contribution in [2.75, 3.05) is 0 Å². The van der Waals surface area contributed by atoms with E-state index in [2.05, 4.69) is 0 Å². The van der Waals surface area contributed by atoms with Gasteiger partial charge in [-0.3, -0.25) is 0 Å². The molecule has 1 aliphatic rings. The van der Waals surface area contributed by atoms with Gasteiger partial charge in [0.05, 0.1) is 22.8 Å². The van der Waals surface area contributed by atoms with E-state index in [1.54, 1.807) is 97.9 Å². The minimum Gasteiger partial charge on any atom is -0.452 e. The van der Waals surface area contributed by atoms with Crippen molar-refractivity contribution in [1.82, 2.24) is 0 Å². The molecule has 3 aromatic rings. The zero-order valence-electron chi connectivity index (χ0n) is 18.9. The van der Waals surface area contributed by atoms with Gasteiger partial charge in [0.1, 0.15) is 0 Å². The molecule has 0 radical (unpaired) electrons. The Bertz CT molecular complexity index is 1080. The largest absolute Gasteiger partial charge is 0.452 e. The highest BCUT2D eigenvalue weighted by atomic mass is 16.7. The first-order valence-electron chi connectivity index (χ1n) is 11.1. The van der Waals surface area contributed by atoms with Crippen LogP contribution in [0.5, 0.6) is 0 Å². The number of carbonyl (C=O) groups excluding carboxylic acids is 3. The summed E-state index contributed by atoms with van der Waals surface area (Å²) in [6.07, 6.45) is -6.48. The molecule has 1 fully saturated rings. The van der Waals surface area contributed by atoms with Crippen molar-refractivity contribution in [1.29, 1.82) is 0 Å². The Labute approximate surface area is 202 Å². The molecule has 1 aliphatic heterocycles. The van der Waals surface area contributed by atoms with Gasteiger partial charge in [0, 0.05) is 0 Å². The topological polar surface area (TPSA) is 108 Å². The van der Waals surface area contributed by atoms with E-state index in [1.807, 2.05) is 0 Å². The normalized spacial score (nSPS) is 23.7. The number of esters is 3. The molecular formula is C27H24O8. The third-order valence-corrected chi connectivity index (χ3v) is 5.50. The van der Waals surface area contributed by atoms with Crippen molar-refractivity contribution in [2.24, 2.45) is 0 Å². The van der Waals surface area contributed by atoms with E-state index in [0.717, 1.165) is 0 Å². The van der Waals surface area contributed by atoms with E-state index >= 15 is 0 Å². The second-order valence-corrected chi connectivity index (χ2v) is 7.94. The van der Waals surface area contributed by atoms with Gasteiger partial charge >= 0.3 is 17.9 Å². The van der Waals surface area contributed by atoms with Crippen LogP contribution in [-0.4, -0.2) is 53.7 Å². The molecule has 180 valence electrons. The van der Waals surface area contributed by atoms with Crippen LogP contribution in [0, 0.1) is 0 Å². The molecule has 35 heavy (non-hydrogen) atoms. The van der Waals surface area contributed by atoms with Crippen molar-refractivity contribution in [3.8, 4) is 0 Å². The number of benzene rings is 3. The maximum atomic E-state index is 12.9. The predicted molar refractivity (Wildman–Crippen MR) is 123 cm³/mol. The summed E-state index contributed by atoms with van der Waals surface area (Å²) >= 11 is 0. The predicted octanol–water partition coefficient (Wildman–Crippen LogP) is 3.40. The Hall–Kier alpha value is -4.01. The minimum atomic E-state index is -1.63. The van der Waals surface area contributed by atoms with E-state index in [1.165, 1.54) is 0 Å². The summed E-state index contributed by atoms with van der Waals surface area (Å²) in [4.78, 5) is 38.5. The summed E-state index contributed by atoms with van der Waals surface area (Å²) in [6, 6.07) is 24.6. The molecule has 0 aliphatic carbocycles. The molecule has 1 N–H and O–H groups in total. The number of aliphatic hydroxyl groups excluding tert-OH is 1. The van der Waals surface area contributed by atoms with Crippen molar-refractivity contribution >= 4 is 17.9 Å². The second-order valence-electron chi connectivity index (χ2n) is 7.94.